The molecule has 96 valence electrons. The van der Waals surface area contributed by atoms with E-state index in [9.17, 15) is 5.11 Å². The van der Waals surface area contributed by atoms with Gasteiger partial charge < -0.3 is 14.9 Å². The van der Waals surface area contributed by atoms with Crippen molar-refractivity contribution in [2.75, 3.05) is 0 Å². The molecule has 1 aromatic carbocycles. The van der Waals surface area contributed by atoms with Crippen molar-refractivity contribution in [2.24, 2.45) is 0 Å². The first-order chi connectivity index (χ1) is 8.72. The normalized spacial score (nSPS) is 10.6. The van der Waals surface area contributed by atoms with E-state index in [4.69, 9.17) is 9.84 Å². The quantitative estimate of drug-likeness (QED) is 0.884. The first-order valence-electron chi connectivity index (χ1n) is 5.29. The molecule has 0 saturated carbocycles. The summed E-state index contributed by atoms with van der Waals surface area (Å²) in [7, 11) is 0. The number of thiazole rings is 1. The van der Waals surface area contributed by atoms with Crippen molar-refractivity contribution < 1.29 is 14.9 Å². The number of aliphatic hydroxyl groups is 2. The van der Waals surface area contributed by atoms with Gasteiger partial charge >= 0.3 is 0 Å². The summed E-state index contributed by atoms with van der Waals surface area (Å²) in [6.07, 6.45) is 1.73. The third kappa shape index (κ3) is 3.29. The van der Waals surface area contributed by atoms with Gasteiger partial charge in [0.1, 0.15) is 17.4 Å². The van der Waals surface area contributed by atoms with E-state index in [1.54, 1.807) is 24.4 Å². The first kappa shape index (κ1) is 13.5. The smallest absolute Gasteiger partial charge is 0.140 e. The van der Waals surface area contributed by atoms with Crippen molar-refractivity contribution >= 4 is 27.3 Å². The molecule has 0 radical (unpaired) electrons. The topological polar surface area (TPSA) is 62.6 Å². The number of aliphatic hydroxyl groups excluding tert-OH is 2. The first-order valence-corrected chi connectivity index (χ1v) is 6.90. The number of benzene rings is 1. The summed E-state index contributed by atoms with van der Waals surface area (Å²) in [4.78, 5) is 4.16. The number of hydrogen-bond acceptors (Lipinski definition) is 5. The molecule has 2 rings (SSSR count). The summed E-state index contributed by atoms with van der Waals surface area (Å²) >= 11 is 4.84. The van der Waals surface area contributed by atoms with Gasteiger partial charge in [-0.15, -0.1) is 11.3 Å². The maximum atomic E-state index is 9.26. The zero-order valence-electron chi connectivity index (χ0n) is 9.47. The molecule has 0 aliphatic heterocycles. The van der Waals surface area contributed by atoms with Crippen LogP contribution in [0.1, 0.15) is 16.1 Å². The molecule has 0 unspecified atom stereocenters. The fraction of sp³-hybridized carbons (Fsp3) is 0.250. The lowest BCUT2D eigenvalue weighted by Gasteiger charge is -2.10. The Hall–Kier alpha value is -0.950. The fourth-order valence-corrected chi connectivity index (χ4v) is 2.71. The molecule has 1 heterocycles. The molecule has 0 spiro atoms. The second-order valence-corrected chi connectivity index (χ2v) is 6.10. The lowest BCUT2D eigenvalue weighted by molar-refractivity contribution is 0.256. The van der Waals surface area contributed by atoms with Crippen molar-refractivity contribution in [3.63, 3.8) is 0 Å². The van der Waals surface area contributed by atoms with Gasteiger partial charge in [0.2, 0.25) is 0 Å². The van der Waals surface area contributed by atoms with Crippen LogP contribution < -0.4 is 4.74 Å². The molecular weight excluding hydrogens is 318 g/mol. The van der Waals surface area contributed by atoms with E-state index in [-0.39, 0.29) is 13.2 Å². The summed E-state index contributed by atoms with van der Waals surface area (Å²) in [5, 5.41) is 19.1. The number of ether oxygens (including phenoxy) is 1. The fourth-order valence-electron chi connectivity index (χ4n) is 1.49. The predicted octanol–water partition coefficient (Wildman–Crippen LogP) is 2.47. The van der Waals surface area contributed by atoms with E-state index >= 15 is 0 Å². The van der Waals surface area contributed by atoms with E-state index in [2.05, 4.69) is 20.9 Å². The van der Waals surface area contributed by atoms with Crippen LogP contribution in [0.3, 0.4) is 0 Å². The maximum Gasteiger partial charge on any atom is 0.140 e. The molecule has 0 saturated heterocycles. The van der Waals surface area contributed by atoms with Gasteiger partial charge in [0.05, 0.1) is 23.2 Å². The third-order valence-corrected chi connectivity index (χ3v) is 3.80. The summed E-state index contributed by atoms with van der Waals surface area (Å²) < 4.78 is 6.57. The van der Waals surface area contributed by atoms with E-state index < -0.39 is 0 Å². The van der Waals surface area contributed by atoms with Crippen LogP contribution in [0.4, 0.5) is 0 Å². The SMILES string of the molecule is OCc1ccc(OCc2ncc(Br)s2)c(CO)c1. The second kappa shape index (κ2) is 6.29. The molecule has 2 N–H and O–H groups in total. The van der Waals surface area contributed by atoms with Crippen molar-refractivity contribution in [1.82, 2.24) is 4.98 Å². The van der Waals surface area contributed by atoms with Crippen LogP contribution >= 0.6 is 27.3 Å². The van der Waals surface area contributed by atoms with Crippen molar-refractivity contribution in [2.45, 2.75) is 19.8 Å². The number of hydrogen-bond donors (Lipinski definition) is 2. The Kier molecular flexibility index (Phi) is 4.71. The molecule has 0 aliphatic carbocycles. The Labute approximate surface area is 117 Å². The highest BCUT2D eigenvalue weighted by Crippen LogP contribution is 2.24. The van der Waals surface area contributed by atoms with Crippen LogP contribution in [0.2, 0.25) is 0 Å². The molecule has 6 heteroatoms. The average molecular weight is 330 g/mol. The van der Waals surface area contributed by atoms with Crippen LogP contribution in [-0.4, -0.2) is 15.2 Å². The minimum absolute atomic E-state index is 0.0489. The van der Waals surface area contributed by atoms with Gasteiger partial charge in [-0.25, -0.2) is 4.98 Å². The molecule has 1 aromatic heterocycles. The van der Waals surface area contributed by atoms with E-state index in [0.717, 1.165) is 14.4 Å². The van der Waals surface area contributed by atoms with E-state index in [0.29, 0.717) is 17.9 Å². The van der Waals surface area contributed by atoms with Crippen LogP contribution in [0.25, 0.3) is 0 Å². The van der Waals surface area contributed by atoms with Crippen molar-refractivity contribution in [1.29, 1.82) is 0 Å². The molecule has 0 bridgehead atoms. The Balaban J connectivity index is 2.08. The minimum atomic E-state index is -0.120. The molecule has 2 aromatic rings. The molecule has 0 amide bonds. The average Bonchev–Trinajstić information content (AvgIpc) is 2.82. The van der Waals surface area contributed by atoms with Gasteiger partial charge in [-0.2, -0.15) is 0 Å². The van der Waals surface area contributed by atoms with Crippen LogP contribution in [0.5, 0.6) is 5.75 Å². The molecule has 18 heavy (non-hydrogen) atoms. The van der Waals surface area contributed by atoms with Gasteiger partial charge in [0, 0.05) is 5.56 Å². The zero-order chi connectivity index (χ0) is 13.0. The molecule has 4 nitrogen and oxygen atoms in total. The van der Waals surface area contributed by atoms with E-state index in [1.165, 1.54) is 11.3 Å². The Bertz CT molecular complexity index is 530. The van der Waals surface area contributed by atoms with Gasteiger partial charge in [0.25, 0.3) is 0 Å². The highest BCUT2D eigenvalue weighted by molar-refractivity contribution is 9.11. The zero-order valence-corrected chi connectivity index (χ0v) is 11.9. The summed E-state index contributed by atoms with van der Waals surface area (Å²) in [5.41, 5.74) is 1.42. The Morgan fingerprint density at radius 3 is 2.72 bits per heavy atom. The number of nitrogens with zero attached hydrogens (tertiary/aromatic N) is 1. The third-order valence-electron chi connectivity index (χ3n) is 2.35. The number of rotatable bonds is 5. The van der Waals surface area contributed by atoms with Crippen molar-refractivity contribution in [3.8, 4) is 5.75 Å². The van der Waals surface area contributed by atoms with Crippen LogP contribution in [-0.2, 0) is 19.8 Å². The lowest BCUT2D eigenvalue weighted by Crippen LogP contribution is -1.99. The summed E-state index contributed by atoms with van der Waals surface area (Å²) in [5.74, 6) is 0.612. The predicted molar refractivity (Wildman–Crippen MR) is 72.4 cm³/mol. The van der Waals surface area contributed by atoms with Gasteiger partial charge in [-0.05, 0) is 33.6 Å². The highest BCUT2D eigenvalue weighted by Gasteiger charge is 2.06. The summed E-state index contributed by atoms with van der Waals surface area (Å²) in [6, 6.07) is 5.25. The Morgan fingerprint density at radius 2 is 2.11 bits per heavy atom. The van der Waals surface area contributed by atoms with Gasteiger partial charge in [-0.1, -0.05) is 6.07 Å². The standard InChI is InChI=1S/C12H12BrNO3S/c13-11-4-14-12(18-11)7-17-10-2-1-8(5-15)3-9(10)6-16/h1-4,15-16H,5-7H2. The molecule has 0 aliphatic rings. The second-order valence-electron chi connectivity index (χ2n) is 3.61. The largest absolute Gasteiger partial charge is 0.486 e. The van der Waals surface area contributed by atoms with Crippen LogP contribution in [0.15, 0.2) is 28.2 Å². The monoisotopic (exact) mass is 329 g/mol. The number of halogens is 1. The van der Waals surface area contributed by atoms with Gasteiger partial charge in [0.15, 0.2) is 0 Å². The summed E-state index contributed by atoms with van der Waals surface area (Å²) in [6.45, 7) is 0.194. The highest BCUT2D eigenvalue weighted by atomic mass is 79.9. The minimum Gasteiger partial charge on any atom is -0.486 e. The van der Waals surface area contributed by atoms with Crippen molar-refractivity contribution in [3.05, 3.63) is 44.3 Å². The molecule has 0 fully saturated rings. The molecular formula is C12H12BrNO3S. The number of aromatic nitrogens is 1. The molecule has 0 atom stereocenters. The lowest BCUT2D eigenvalue weighted by atomic mass is 10.1. The van der Waals surface area contributed by atoms with E-state index in [1.807, 2.05) is 0 Å². The maximum absolute atomic E-state index is 9.26. The Morgan fingerprint density at radius 1 is 1.28 bits per heavy atom. The van der Waals surface area contributed by atoms with Gasteiger partial charge in [-0.3, -0.25) is 0 Å². The van der Waals surface area contributed by atoms with Crippen LogP contribution in [0, 0.1) is 0 Å².